The van der Waals surface area contributed by atoms with Crippen molar-refractivity contribution in [1.82, 2.24) is 15.1 Å². The van der Waals surface area contributed by atoms with E-state index in [0.717, 1.165) is 25.9 Å². The monoisotopic (exact) mass is 421 g/mol. The van der Waals surface area contributed by atoms with Crippen LogP contribution in [0.5, 0.6) is 17.2 Å². The summed E-state index contributed by atoms with van der Waals surface area (Å²) in [5, 5.41) is 8.25. The van der Waals surface area contributed by atoms with Crippen LogP contribution in [0.25, 0.3) is 11.5 Å². The molecule has 0 saturated carbocycles. The molecule has 0 bridgehead atoms. The molecule has 1 aromatic carbocycles. The highest BCUT2D eigenvalue weighted by molar-refractivity contribution is 8.00. The van der Waals surface area contributed by atoms with E-state index in [1.165, 1.54) is 11.8 Å². The van der Waals surface area contributed by atoms with Gasteiger partial charge in [0.1, 0.15) is 0 Å². The number of likely N-dealkylation sites (tertiary alicyclic amines) is 1. The second kappa shape index (κ2) is 9.39. The zero-order valence-electron chi connectivity index (χ0n) is 17.4. The lowest BCUT2D eigenvalue weighted by Gasteiger charge is -2.31. The van der Waals surface area contributed by atoms with Crippen molar-refractivity contribution < 1.29 is 23.4 Å². The molecule has 1 fully saturated rings. The highest BCUT2D eigenvalue weighted by Gasteiger charge is 2.27. The smallest absolute Gasteiger partial charge is 0.277 e. The summed E-state index contributed by atoms with van der Waals surface area (Å²) in [6.07, 6.45) is 2.10. The van der Waals surface area contributed by atoms with Gasteiger partial charge in [-0.25, -0.2) is 0 Å². The molecule has 8 nitrogen and oxygen atoms in total. The Kier molecular flexibility index (Phi) is 6.89. The Bertz CT molecular complexity index is 823. The summed E-state index contributed by atoms with van der Waals surface area (Å²) >= 11 is 1.27. The van der Waals surface area contributed by atoms with Crippen molar-refractivity contribution in [2.24, 2.45) is 5.92 Å². The van der Waals surface area contributed by atoms with Crippen LogP contribution in [0.3, 0.4) is 0 Å². The predicted molar refractivity (Wildman–Crippen MR) is 110 cm³/mol. The molecule has 0 N–H and O–H groups in total. The number of nitrogens with zero attached hydrogens (tertiary/aromatic N) is 3. The van der Waals surface area contributed by atoms with Gasteiger partial charge in [-0.3, -0.25) is 4.79 Å². The fraction of sp³-hybridized carbons (Fsp3) is 0.550. The minimum atomic E-state index is -0.295. The highest BCUT2D eigenvalue weighted by Crippen LogP contribution is 2.41. The highest BCUT2D eigenvalue weighted by atomic mass is 32.2. The molecule has 0 unspecified atom stereocenters. The van der Waals surface area contributed by atoms with Crippen molar-refractivity contribution in [3.05, 3.63) is 12.1 Å². The molecule has 2 aromatic rings. The van der Waals surface area contributed by atoms with E-state index in [0.29, 0.717) is 39.8 Å². The van der Waals surface area contributed by atoms with E-state index >= 15 is 0 Å². The van der Waals surface area contributed by atoms with Gasteiger partial charge in [0, 0.05) is 18.7 Å². The molecule has 2 heterocycles. The molecule has 1 aliphatic rings. The lowest BCUT2D eigenvalue weighted by molar-refractivity contribution is -0.131. The van der Waals surface area contributed by atoms with Crippen LogP contribution in [-0.2, 0) is 4.79 Å². The predicted octanol–water partition coefficient (Wildman–Crippen LogP) is 3.50. The first-order valence-corrected chi connectivity index (χ1v) is 10.4. The average Bonchev–Trinajstić information content (AvgIpc) is 3.21. The second-order valence-electron chi connectivity index (χ2n) is 7.06. The van der Waals surface area contributed by atoms with Gasteiger partial charge in [-0.15, -0.1) is 10.2 Å². The average molecular weight is 422 g/mol. The molecule has 1 aliphatic heterocycles. The van der Waals surface area contributed by atoms with Gasteiger partial charge in [0.15, 0.2) is 11.5 Å². The molecule has 0 radical (unpaired) electrons. The minimum Gasteiger partial charge on any atom is -0.493 e. The Hall–Kier alpha value is -2.42. The van der Waals surface area contributed by atoms with Gasteiger partial charge in [-0.2, -0.15) is 0 Å². The molecule has 1 atom stereocenters. The number of carbonyl (C=O) groups excluding carboxylic acids is 1. The number of thioether (sulfide) groups is 1. The first-order valence-electron chi connectivity index (χ1n) is 9.56. The van der Waals surface area contributed by atoms with Gasteiger partial charge in [0.05, 0.1) is 26.6 Å². The number of carbonyl (C=O) groups is 1. The van der Waals surface area contributed by atoms with E-state index in [9.17, 15) is 4.79 Å². The fourth-order valence-corrected chi connectivity index (χ4v) is 4.03. The number of hydrogen-bond donors (Lipinski definition) is 0. The summed E-state index contributed by atoms with van der Waals surface area (Å²) in [5.74, 6) is 2.59. The number of ether oxygens (including phenoxy) is 3. The maximum absolute atomic E-state index is 12.7. The van der Waals surface area contributed by atoms with Crippen molar-refractivity contribution in [3.63, 3.8) is 0 Å². The van der Waals surface area contributed by atoms with E-state index in [4.69, 9.17) is 18.6 Å². The lowest BCUT2D eigenvalue weighted by Crippen LogP contribution is -2.41. The van der Waals surface area contributed by atoms with Crippen LogP contribution in [-0.4, -0.2) is 60.7 Å². The molecule has 9 heteroatoms. The van der Waals surface area contributed by atoms with E-state index in [1.54, 1.807) is 33.5 Å². The van der Waals surface area contributed by atoms with Crippen LogP contribution >= 0.6 is 11.8 Å². The Morgan fingerprint density at radius 1 is 1.14 bits per heavy atom. The van der Waals surface area contributed by atoms with Crippen LogP contribution in [0.1, 0.15) is 26.7 Å². The van der Waals surface area contributed by atoms with Gasteiger partial charge in [0.2, 0.25) is 17.5 Å². The minimum absolute atomic E-state index is 0.106. The SMILES string of the molecule is COc1cc(-c2nnc(S[C@H](C)C(=O)N3CCC(C)CC3)o2)cc(OC)c1OC. The summed E-state index contributed by atoms with van der Waals surface area (Å²) in [5.41, 5.74) is 0.642. The third-order valence-electron chi connectivity index (χ3n) is 5.04. The Morgan fingerprint density at radius 2 is 1.76 bits per heavy atom. The van der Waals surface area contributed by atoms with Crippen LogP contribution in [0, 0.1) is 5.92 Å². The first-order chi connectivity index (χ1) is 14.0. The second-order valence-corrected chi connectivity index (χ2v) is 8.35. The van der Waals surface area contributed by atoms with E-state index in [-0.39, 0.29) is 11.2 Å². The number of rotatable bonds is 7. The fourth-order valence-electron chi connectivity index (χ4n) is 3.27. The Balaban J connectivity index is 1.73. The molecule has 0 spiro atoms. The van der Waals surface area contributed by atoms with Gasteiger partial charge in [-0.1, -0.05) is 18.7 Å². The molecule has 1 amide bonds. The number of aromatic nitrogens is 2. The molecular formula is C20H27N3O5S. The first kappa shape index (κ1) is 21.3. The number of piperidine rings is 1. The standard InChI is InChI=1S/C20H27N3O5S/c1-12-6-8-23(9-7-12)19(24)13(2)29-20-22-21-18(28-20)14-10-15(25-3)17(27-5)16(11-14)26-4/h10-13H,6-9H2,1-5H3/t13-/m1/s1. The lowest BCUT2D eigenvalue weighted by atomic mass is 9.99. The van der Waals surface area contributed by atoms with Crippen LogP contribution in [0.2, 0.25) is 0 Å². The van der Waals surface area contributed by atoms with Crippen molar-refractivity contribution in [2.45, 2.75) is 37.2 Å². The summed E-state index contributed by atoms with van der Waals surface area (Å²) < 4.78 is 21.9. The van der Waals surface area contributed by atoms with Crippen molar-refractivity contribution in [1.29, 1.82) is 0 Å². The maximum atomic E-state index is 12.7. The van der Waals surface area contributed by atoms with Crippen LogP contribution < -0.4 is 14.2 Å². The molecule has 29 heavy (non-hydrogen) atoms. The molecule has 1 aromatic heterocycles. The Morgan fingerprint density at radius 3 is 2.31 bits per heavy atom. The number of hydrogen-bond acceptors (Lipinski definition) is 8. The van der Waals surface area contributed by atoms with Crippen LogP contribution in [0.4, 0.5) is 0 Å². The summed E-state index contributed by atoms with van der Waals surface area (Å²) in [4.78, 5) is 14.6. The molecule has 0 aliphatic carbocycles. The largest absolute Gasteiger partial charge is 0.493 e. The summed E-state index contributed by atoms with van der Waals surface area (Å²) in [6, 6.07) is 3.49. The maximum Gasteiger partial charge on any atom is 0.277 e. The topological polar surface area (TPSA) is 86.9 Å². The summed E-state index contributed by atoms with van der Waals surface area (Å²) in [6.45, 7) is 5.72. The third-order valence-corrected chi connectivity index (χ3v) is 5.96. The van der Waals surface area contributed by atoms with Crippen LogP contribution in [0.15, 0.2) is 21.8 Å². The normalized spacial score (nSPS) is 15.8. The molecule has 3 rings (SSSR count). The van der Waals surface area contributed by atoms with Gasteiger partial charge >= 0.3 is 0 Å². The number of benzene rings is 1. The number of methoxy groups -OCH3 is 3. The van der Waals surface area contributed by atoms with Gasteiger partial charge in [-0.05, 0) is 37.8 Å². The zero-order valence-corrected chi connectivity index (χ0v) is 18.2. The molecular weight excluding hydrogens is 394 g/mol. The molecule has 1 saturated heterocycles. The van der Waals surface area contributed by atoms with Gasteiger partial charge < -0.3 is 23.5 Å². The van der Waals surface area contributed by atoms with Crippen molar-refractivity contribution in [3.8, 4) is 28.7 Å². The van der Waals surface area contributed by atoms with Crippen molar-refractivity contribution in [2.75, 3.05) is 34.4 Å². The third kappa shape index (κ3) is 4.77. The summed E-state index contributed by atoms with van der Waals surface area (Å²) in [7, 11) is 4.64. The Labute approximate surface area is 174 Å². The van der Waals surface area contributed by atoms with E-state index in [1.807, 2.05) is 11.8 Å². The van der Waals surface area contributed by atoms with Crippen molar-refractivity contribution >= 4 is 17.7 Å². The molecule has 158 valence electrons. The van der Waals surface area contributed by atoms with E-state index in [2.05, 4.69) is 17.1 Å². The van der Waals surface area contributed by atoms with E-state index < -0.39 is 0 Å². The van der Waals surface area contributed by atoms with Gasteiger partial charge in [0.25, 0.3) is 5.22 Å². The quantitative estimate of drug-likeness (QED) is 0.628. The zero-order chi connectivity index (χ0) is 21.0. The number of amides is 1.